The van der Waals surface area contributed by atoms with Gasteiger partial charge in [-0.3, -0.25) is 39.5 Å². The predicted molar refractivity (Wildman–Crippen MR) is 456 cm³/mol. The number of imidazole rings is 3. The standard InChI is InChI=1S/C31H31N7O6.C28H26FN7O7.C28H27N7O7/c1-2-32-31(42)37-28-25-29(34-16-33-28)38(17-35-25)22-14-19(15-23(39)36-21-11-7-6-10-20(21)30(40)41)26-27(22)44-24(43-26)13-12-18-8-4-3-5-9-18;1-2-30-28(40)35-23-20-24(32-12-31-23)36(13-33-20)25-22-21(42-27(43-22)14-7-4-3-5-8-14)17(41-25)11-18(37)34-19-15(26(38)39)9-6-10-16(19)29;1-2-29-28(39)34-23-20-24(31-13-30-23)35(14-32-20)25-22-21(41-27(42-22)15-8-4-3-5-9-15)18(40-25)12-19(36)33-17-11-7-6-10-16(17)26(37)38/h3-13,16-17,19,22,24,26-27H,2,14-15H2,1H3,(H,36,39)(H,40,41)(H2,32,33,34,37,42);3-10,12-13,17,21-22,25,27H,2,11H2,1H3,(H,34,37)(H,38,39)(H2,30,31,32,35,40);3-11,13-14,18,21-22,25,27H,2,12H2,1H3,(H,33,36)(H,37,38)(H2,29,30,31,34,39)/b13-12+;;/t19?,22?,24-,26?,27?;17?,21?,22?,25?,27-;18?,21?,22?,25?,27-/m000/s1. The highest BCUT2D eigenvalue weighted by Crippen LogP contribution is 2.50. The number of fused-ring (bicyclic) bond motifs is 6. The molecule has 15 atom stereocenters. The quantitative estimate of drug-likeness (QED) is 0.0253. The second-order valence-electron chi connectivity index (χ2n) is 29.9. The highest BCUT2D eigenvalue weighted by Gasteiger charge is 2.57. The number of carboxylic acid groups (broad SMARTS) is 3. The lowest BCUT2D eigenvalue weighted by molar-refractivity contribution is -0.151. The van der Waals surface area contributed by atoms with Crippen LogP contribution in [0.4, 0.5) is 53.3 Å². The molecule has 0 spiro atoms. The molecule has 664 valence electrons. The molecule has 6 aliphatic rings. The molecule has 0 bridgehead atoms. The number of nitrogens with one attached hydrogen (secondary N) is 9. The van der Waals surface area contributed by atoms with Crippen LogP contribution in [0.5, 0.6) is 0 Å². The topological polar surface area (TPSA) is 527 Å². The van der Waals surface area contributed by atoms with E-state index in [-0.39, 0.29) is 82.6 Å². The summed E-state index contributed by atoms with van der Waals surface area (Å²) in [5, 5.41) is 52.2. The maximum atomic E-state index is 14.5. The number of carbonyl (C=O) groups excluding carboxylic acids is 6. The van der Waals surface area contributed by atoms with E-state index >= 15 is 0 Å². The van der Waals surface area contributed by atoms with Crippen molar-refractivity contribution in [2.24, 2.45) is 5.92 Å². The largest absolute Gasteiger partial charge is 0.478 e. The number of urea groups is 3. The Morgan fingerprint density at radius 3 is 1.26 bits per heavy atom. The van der Waals surface area contributed by atoms with E-state index < -0.39 is 139 Å². The molecule has 6 fully saturated rings. The average Bonchev–Trinajstić information content (AvgIpc) is 1.60. The Bertz CT molecular complexity index is 6200. The third-order valence-electron chi connectivity index (χ3n) is 21.7. The number of hydrogen-bond donors (Lipinski definition) is 12. The summed E-state index contributed by atoms with van der Waals surface area (Å²) >= 11 is 0. The monoisotopic (exact) mass is 1760 g/mol. The molecule has 129 heavy (non-hydrogen) atoms. The smallest absolute Gasteiger partial charge is 0.337 e. The van der Waals surface area contributed by atoms with Gasteiger partial charge in [-0.25, -0.2) is 78.0 Å². The van der Waals surface area contributed by atoms with Crippen molar-refractivity contribution in [3.05, 3.63) is 241 Å². The Morgan fingerprint density at radius 2 is 0.798 bits per heavy atom. The van der Waals surface area contributed by atoms with Gasteiger partial charge in [-0.2, -0.15) is 0 Å². The molecule has 12 unspecified atom stereocenters. The minimum absolute atomic E-state index is 0.0104. The van der Waals surface area contributed by atoms with Gasteiger partial charge in [0.05, 0.1) is 89.9 Å². The normalized spacial score (nSPS) is 22.7. The van der Waals surface area contributed by atoms with Crippen LogP contribution in [-0.4, -0.2) is 202 Å². The number of aromatic nitrogens is 12. The Kier molecular flexibility index (Phi) is 26.6. The lowest BCUT2D eigenvalue weighted by Gasteiger charge is -2.21. The third-order valence-corrected chi connectivity index (χ3v) is 21.7. The van der Waals surface area contributed by atoms with Gasteiger partial charge in [0.15, 0.2) is 82.3 Å². The Hall–Kier alpha value is -15.1. The highest BCUT2D eigenvalue weighted by atomic mass is 19.1. The second kappa shape index (κ2) is 39.2. The predicted octanol–water partition coefficient (Wildman–Crippen LogP) is 10.4. The summed E-state index contributed by atoms with van der Waals surface area (Å²) in [6.07, 6.45) is 3.42. The molecule has 5 aliphatic heterocycles. The molecule has 12 N–H and O–H groups in total. The van der Waals surface area contributed by atoms with E-state index in [2.05, 4.69) is 92.7 Å². The molecule has 6 aromatic heterocycles. The van der Waals surface area contributed by atoms with E-state index in [0.717, 1.165) is 22.8 Å². The second-order valence-corrected chi connectivity index (χ2v) is 29.9. The van der Waals surface area contributed by atoms with Crippen molar-refractivity contribution < 1.29 is 101 Å². The fourth-order valence-corrected chi connectivity index (χ4v) is 16.0. The molecule has 18 rings (SSSR count). The molecule has 11 heterocycles. The number of nitrogens with zero attached hydrogens (tertiary/aromatic N) is 12. The number of carbonyl (C=O) groups is 9. The third kappa shape index (κ3) is 19.4. The van der Waals surface area contributed by atoms with E-state index in [4.69, 9.17) is 37.9 Å². The molecule has 0 radical (unpaired) electrons. The minimum Gasteiger partial charge on any atom is -0.478 e. The van der Waals surface area contributed by atoms with Gasteiger partial charge >= 0.3 is 36.0 Å². The van der Waals surface area contributed by atoms with Gasteiger partial charge in [0.25, 0.3) is 0 Å². The summed E-state index contributed by atoms with van der Waals surface area (Å²) in [4.78, 5) is 150. The first-order valence-corrected chi connectivity index (χ1v) is 41.0. The zero-order valence-electron chi connectivity index (χ0n) is 68.8. The van der Waals surface area contributed by atoms with Crippen molar-refractivity contribution in [1.29, 1.82) is 0 Å². The summed E-state index contributed by atoms with van der Waals surface area (Å²) in [5.41, 5.74) is 4.38. The summed E-state index contributed by atoms with van der Waals surface area (Å²) in [7, 11) is 0. The maximum Gasteiger partial charge on any atom is 0.337 e. The first kappa shape index (κ1) is 87.4. The molecule has 41 nitrogen and oxygen atoms in total. The van der Waals surface area contributed by atoms with Crippen LogP contribution in [0.3, 0.4) is 0 Å². The SMILES string of the molecule is CCNC(=O)Nc1ncnc2c1ncn2C1CC(CC(=O)Nc2ccccc2C(=O)O)C2O[C@H](/C=C/c3ccccc3)OC21.CCNC(=O)Nc1ncnc2c1ncn2C1OC(CC(=O)Nc2c(F)cccc2C(=O)O)C2O[C@H](c3ccccc3)OC21.CCNC(=O)Nc1ncnc2c1ncn2C1OC(CC(=O)Nc2ccccc2C(=O)O)C2O[C@H](c3ccccc3)OC21. The number of anilines is 6. The van der Waals surface area contributed by atoms with E-state index in [0.29, 0.717) is 59.5 Å². The highest BCUT2D eigenvalue weighted by molar-refractivity contribution is 6.03. The summed E-state index contributed by atoms with van der Waals surface area (Å²) in [5.74, 6) is -5.61. The van der Waals surface area contributed by atoms with Gasteiger partial charge in [-0.1, -0.05) is 127 Å². The molecule has 5 saturated heterocycles. The lowest BCUT2D eigenvalue weighted by Crippen LogP contribution is -2.32. The van der Waals surface area contributed by atoms with Gasteiger partial charge in [0, 0.05) is 37.2 Å². The number of benzene rings is 6. The molecular formula is C87H84FN21O20. The summed E-state index contributed by atoms with van der Waals surface area (Å²) < 4.78 is 70.2. The number of halogens is 1. The number of para-hydroxylation sites is 3. The van der Waals surface area contributed by atoms with Crippen molar-refractivity contribution in [1.82, 2.24) is 74.5 Å². The van der Waals surface area contributed by atoms with Crippen LogP contribution in [0.25, 0.3) is 39.6 Å². The maximum absolute atomic E-state index is 14.5. The molecular weight excluding hydrogens is 1680 g/mol. The van der Waals surface area contributed by atoms with Crippen LogP contribution in [0.15, 0.2) is 202 Å². The van der Waals surface area contributed by atoms with Crippen LogP contribution in [-0.2, 0) is 52.3 Å². The van der Waals surface area contributed by atoms with Crippen molar-refractivity contribution in [3.8, 4) is 0 Å². The fraction of sp³-hybridized carbons (Fsp3) is 0.287. The number of aromatic carboxylic acids is 3. The average molecular weight is 1760 g/mol. The fourth-order valence-electron chi connectivity index (χ4n) is 16.0. The molecule has 12 aromatic rings. The summed E-state index contributed by atoms with van der Waals surface area (Å²) in [6.45, 7) is 6.69. The molecule has 6 aromatic carbocycles. The van der Waals surface area contributed by atoms with E-state index in [1.807, 2.05) is 115 Å². The molecule has 1 saturated carbocycles. The van der Waals surface area contributed by atoms with Gasteiger partial charge in [-0.05, 0) is 81.1 Å². The number of ether oxygens (including phenoxy) is 8. The number of carboxylic acids is 3. The zero-order chi connectivity index (χ0) is 89.9. The first-order valence-electron chi connectivity index (χ1n) is 41.0. The minimum atomic E-state index is -1.39. The van der Waals surface area contributed by atoms with Crippen LogP contribution >= 0.6 is 0 Å². The van der Waals surface area contributed by atoms with Crippen LogP contribution < -0.4 is 47.9 Å². The number of rotatable bonds is 25. The Morgan fingerprint density at radius 1 is 0.403 bits per heavy atom. The number of hydrogen-bond acceptors (Lipinski definition) is 26. The van der Waals surface area contributed by atoms with Gasteiger partial charge < -0.3 is 89.7 Å². The van der Waals surface area contributed by atoms with Crippen molar-refractivity contribution >= 4 is 128 Å². The summed E-state index contributed by atoms with van der Waals surface area (Å²) in [6, 6.07) is 42.7. The Labute approximate surface area is 730 Å². The van der Waals surface area contributed by atoms with E-state index in [1.165, 1.54) is 62.0 Å². The van der Waals surface area contributed by atoms with E-state index in [1.54, 1.807) is 59.6 Å². The molecule has 42 heteroatoms. The first-order chi connectivity index (χ1) is 62.7. The molecule has 9 amide bonds. The van der Waals surface area contributed by atoms with Gasteiger partial charge in [0.2, 0.25) is 17.7 Å². The van der Waals surface area contributed by atoms with Crippen molar-refractivity contribution in [2.75, 3.05) is 51.5 Å². The molecule has 1 aliphatic carbocycles. The lowest BCUT2D eigenvalue weighted by atomic mass is 10.0. The zero-order valence-corrected chi connectivity index (χ0v) is 68.8. The van der Waals surface area contributed by atoms with Crippen LogP contribution in [0, 0.1) is 11.7 Å². The Balaban J connectivity index is 0.000000142. The van der Waals surface area contributed by atoms with Crippen LogP contribution in [0.1, 0.15) is 125 Å². The van der Waals surface area contributed by atoms with Crippen LogP contribution in [0.2, 0.25) is 0 Å². The number of amides is 9. The van der Waals surface area contributed by atoms with Gasteiger partial charge in [-0.15, -0.1) is 0 Å². The van der Waals surface area contributed by atoms with Crippen molar-refractivity contribution in [3.63, 3.8) is 0 Å². The van der Waals surface area contributed by atoms with E-state index in [9.17, 15) is 62.9 Å². The van der Waals surface area contributed by atoms with Gasteiger partial charge in [0.1, 0.15) is 55.3 Å². The van der Waals surface area contributed by atoms with Crippen molar-refractivity contribution in [2.45, 2.75) is 133 Å².